The normalized spacial score (nSPS) is 23.6. The summed E-state index contributed by atoms with van der Waals surface area (Å²) in [6.45, 7) is 1.94. The van der Waals surface area contributed by atoms with Crippen molar-refractivity contribution < 1.29 is 22.8 Å². The summed E-state index contributed by atoms with van der Waals surface area (Å²) in [5.41, 5.74) is -1.55. The quantitative estimate of drug-likeness (QED) is 0.787. The number of carbonyl (C=O) groups is 2. The number of likely N-dealkylation sites (N-methyl/N-ethyl adjacent to an activating group) is 1. The number of nitrogens with zero attached hydrogens (tertiary/aromatic N) is 2. The molecule has 1 aliphatic rings. The van der Waals surface area contributed by atoms with Crippen molar-refractivity contribution in [3.63, 3.8) is 0 Å². The van der Waals surface area contributed by atoms with Gasteiger partial charge in [0, 0.05) is 19.8 Å². The topological polar surface area (TPSA) is 50.3 Å². The fourth-order valence-corrected chi connectivity index (χ4v) is 2.63. The maximum Gasteiger partial charge on any atom is 0.433 e. The van der Waals surface area contributed by atoms with Gasteiger partial charge in [0.05, 0.1) is 11.8 Å². The second-order valence-electron chi connectivity index (χ2n) is 5.22. The summed E-state index contributed by atoms with van der Waals surface area (Å²) in [6, 6.07) is 2.15. The number of piperidine rings is 1. The summed E-state index contributed by atoms with van der Waals surface area (Å²) in [6.07, 6.45) is -3.25. The first-order valence-corrected chi connectivity index (χ1v) is 6.51. The van der Waals surface area contributed by atoms with Gasteiger partial charge in [0.1, 0.15) is 5.69 Å². The molecule has 7 heteroatoms. The lowest BCUT2D eigenvalue weighted by Crippen LogP contribution is -2.53. The molecule has 1 amide bonds. The Hall–Kier alpha value is -1.92. The Morgan fingerprint density at radius 3 is 2.48 bits per heavy atom. The molecular formula is C14H15F3N2O2. The largest absolute Gasteiger partial charge is 0.433 e. The number of ketones is 1. The molecule has 1 aliphatic heterocycles. The second kappa shape index (κ2) is 5.13. The molecule has 1 atom stereocenters. The molecule has 21 heavy (non-hydrogen) atoms. The third-order valence-corrected chi connectivity index (χ3v) is 3.99. The van der Waals surface area contributed by atoms with Crippen LogP contribution in [0.2, 0.25) is 0 Å². The maximum absolute atomic E-state index is 12.5. The van der Waals surface area contributed by atoms with Gasteiger partial charge < -0.3 is 4.90 Å². The first-order chi connectivity index (χ1) is 9.70. The summed E-state index contributed by atoms with van der Waals surface area (Å²) in [4.78, 5) is 28.7. The Morgan fingerprint density at radius 2 is 2.00 bits per heavy atom. The number of halogens is 3. The third-order valence-electron chi connectivity index (χ3n) is 3.99. The molecule has 1 fully saturated rings. The van der Waals surface area contributed by atoms with Crippen molar-refractivity contribution in [1.82, 2.24) is 9.88 Å². The van der Waals surface area contributed by atoms with E-state index in [1.165, 1.54) is 11.0 Å². The molecule has 1 saturated heterocycles. The third kappa shape index (κ3) is 2.64. The van der Waals surface area contributed by atoms with Crippen molar-refractivity contribution in [2.75, 3.05) is 13.6 Å². The monoisotopic (exact) mass is 300 g/mol. The fraction of sp³-hybridized carbons (Fsp3) is 0.500. The smallest absolute Gasteiger partial charge is 0.344 e. The molecule has 1 unspecified atom stereocenters. The number of hydrogen-bond acceptors (Lipinski definition) is 3. The minimum Gasteiger partial charge on any atom is -0.344 e. The van der Waals surface area contributed by atoms with Crippen LogP contribution in [0.25, 0.3) is 0 Å². The highest BCUT2D eigenvalue weighted by atomic mass is 19.4. The van der Waals surface area contributed by atoms with E-state index in [1.807, 2.05) is 0 Å². The van der Waals surface area contributed by atoms with Crippen LogP contribution in [0.3, 0.4) is 0 Å². The molecule has 1 aromatic heterocycles. The van der Waals surface area contributed by atoms with Crippen LogP contribution < -0.4 is 0 Å². The number of carbonyl (C=O) groups excluding carboxylic acids is 2. The molecule has 2 heterocycles. The number of aromatic nitrogens is 1. The van der Waals surface area contributed by atoms with Gasteiger partial charge in [0.15, 0.2) is 5.78 Å². The maximum atomic E-state index is 12.5. The van der Waals surface area contributed by atoms with Gasteiger partial charge in [-0.25, -0.2) is 0 Å². The van der Waals surface area contributed by atoms with E-state index < -0.39 is 17.3 Å². The Bertz CT molecular complexity index is 569. The minimum atomic E-state index is -4.51. The number of Topliss-reactive ketones (excluding diaryl/α,β-unsaturated/α-hetero) is 1. The van der Waals surface area contributed by atoms with Crippen LogP contribution in [-0.2, 0) is 21.2 Å². The molecule has 0 saturated carbocycles. The summed E-state index contributed by atoms with van der Waals surface area (Å²) in [7, 11) is 1.58. The SMILES string of the molecule is CCC1(c2ccc(C(F)(F)F)nc2)CN(C)C(=O)CC1=O. The first-order valence-electron chi connectivity index (χ1n) is 6.51. The van der Waals surface area contributed by atoms with E-state index in [4.69, 9.17) is 0 Å². The van der Waals surface area contributed by atoms with Gasteiger partial charge in [-0.15, -0.1) is 0 Å². The lowest BCUT2D eigenvalue weighted by molar-refractivity contribution is -0.143. The lowest BCUT2D eigenvalue weighted by Gasteiger charge is -2.39. The average molecular weight is 300 g/mol. The highest BCUT2D eigenvalue weighted by molar-refractivity contribution is 6.06. The molecule has 2 rings (SSSR count). The molecule has 0 spiro atoms. The highest BCUT2D eigenvalue weighted by Crippen LogP contribution is 2.35. The highest BCUT2D eigenvalue weighted by Gasteiger charge is 2.45. The van der Waals surface area contributed by atoms with Crippen LogP contribution in [0.4, 0.5) is 13.2 Å². The van der Waals surface area contributed by atoms with Gasteiger partial charge in [-0.1, -0.05) is 13.0 Å². The zero-order valence-electron chi connectivity index (χ0n) is 11.7. The van der Waals surface area contributed by atoms with Crippen molar-refractivity contribution in [3.8, 4) is 0 Å². The lowest BCUT2D eigenvalue weighted by atomic mass is 9.71. The van der Waals surface area contributed by atoms with Gasteiger partial charge in [-0.05, 0) is 18.1 Å². The second-order valence-corrected chi connectivity index (χ2v) is 5.22. The van der Waals surface area contributed by atoms with E-state index in [0.717, 1.165) is 12.3 Å². The molecule has 0 radical (unpaired) electrons. The van der Waals surface area contributed by atoms with Crippen molar-refractivity contribution in [1.29, 1.82) is 0 Å². The van der Waals surface area contributed by atoms with Gasteiger partial charge in [0.2, 0.25) is 5.91 Å². The molecule has 0 aliphatic carbocycles. The van der Waals surface area contributed by atoms with E-state index in [9.17, 15) is 22.8 Å². The van der Waals surface area contributed by atoms with Crippen LogP contribution in [0.1, 0.15) is 31.0 Å². The van der Waals surface area contributed by atoms with E-state index in [2.05, 4.69) is 4.98 Å². The number of hydrogen-bond donors (Lipinski definition) is 0. The van der Waals surface area contributed by atoms with Crippen molar-refractivity contribution in [2.45, 2.75) is 31.4 Å². The predicted octanol–water partition coefficient (Wildman–Crippen LogP) is 2.18. The predicted molar refractivity (Wildman–Crippen MR) is 68.5 cm³/mol. The van der Waals surface area contributed by atoms with E-state index in [0.29, 0.717) is 12.0 Å². The number of alkyl halides is 3. The van der Waals surface area contributed by atoms with Crippen LogP contribution in [0, 0.1) is 0 Å². The van der Waals surface area contributed by atoms with Crippen LogP contribution in [-0.4, -0.2) is 35.2 Å². The summed E-state index contributed by atoms with van der Waals surface area (Å²) in [5.74, 6) is -0.543. The average Bonchev–Trinajstić information content (AvgIpc) is 2.42. The molecule has 114 valence electrons. The fourth-order valence-electron chi connectivity index (χ4n) is 2.63. The van der Waals surface area contributed by atoms with E-state index >= 15 is 0 Å². The standard InChI is InChI=1S/C14H15F3N2O2/c1-3-13(8-19(2)12(21)6-11(13)20)9-4-5-10(18-7-9)14(15,16)17/h4-5,7H,3,6,8H2,1-2H3. The molecule has 0 bridgehead atoms. The van der Waals surface area contributed by atoms with Gasteiger partial charge >= 0.3 is 6.18 Å². The van der Waals surface area contributed by atoms with Crippen LogP contribution in [0.15, 0.2) is 18.3 Å². The molecule has 1 aromatic rings. The van der Waals surface area contributed by atoms with Gasteiger partial charge in [-0.2, -0.15) is 13.2 Å². The van der Waals surface area contributed by atoms with Crippen molar-refractivity contribution >= 4 is 11.7 Å². The Balaban J connectivity index is 2.41. The van der Waals surface area contributed by atoms with Crippen molar-refractivity contribution in [3.05, 3.63) is 29.6 Å². The first kappa shape index (κ1) is 15.5. The molecule has 0 N–H and O–H groups in total. The molecular weight excluding hydrogens is 285 g/mol. The Labute approximate surface area is 120 Å². The summed E-state index contributed by atoms with van der Waals surface area (Å²) >= 11 is 0. The molecule has 4 nitrogen and oxygen atoms in total. The minimum absolute atomic E-state index is 0.161. The van der Waals surface area contributed by atoms with E-state index in [-0.39, 0.29) is 24.7 Å². The number of amides is 1. The van der Waals surface area contributed by atoms with Crippen LogP contribution >= 0.6 is 0 Å². The summed E-state index contributed by atoms with van der Waals surface area (Å²) in [5, 5.41) is 0. The Kier molecular flexibility index (Phi) is 3.78. The Morgan fingerprint density at radius 1 is 1.33 bits per heavy atom. The van der Waals surface area contributed by atoms with Gasteiger partial charge in [0.25, 0.3) is 0 Å². The number of pyridine rings is 1. The molecule has 0 aromatic carbocycles. The number of rotatable bonds is 2. The van der Waals surface area contributed by atoms with Gasteiger partial charge in [-0.3, -0.25) is 14.6 Å². The summed E-state index contributed by atoms with van der Waals surface area (Å²) < 4.78 is 37.6. The van der Waals surface area contributed by atoms with Crippen LogP contribution in [0.5, 0.6) is 0 Å². The van der Waals surface area contributed by atoms with E-state index in [1.54, 1.807) is 14.0 Å². The zero-order chi connectivity index (χ0) is 15.8. The zero-order valence-corrected chi connectivity index (χ0v) is 11.7. The van der Waals surface area contributed by atoms with Crippen molar-refractivity contribution in [2.24, 2.45) is 0 Å². The number of likely N-dealkylation sites (tertiary alicyclic amines) is 1.